The predicted molar refractivity (Wildman–Crippen MR) is 205 cm³/mol. The van der Waals surface area contributed by atoms with Crippen molar-refractivity contribution >= 4 is 45.8 Å². The molecule has 3 aromatic carbocycles. The zero-order valence-corrected chi connectivity index (χ0v) is 31.5. The summed E-state index contributed by atoms with van der Waals surface area (Å²) in [6.07, 6.45) is 6.07. The Balaban J connectivity index is 0.969. The van der Waals surface area contributed by atoms with Gasteiger partial charge in [0.25, 0.3) is 0 Å². The predicted octanol–water partition coefficient (Wildman–Crippen LogP) is 5.87. The molecule has 2 unspecified atom stereocenters. The molecule has 0 bridgehead atoms. The first kappa shape index (κ1) is 35.6. The monoisotopic (exact) mass is 760 g/mol. The average Bonchev–Trinajstić information content (AvgIpc) is 4.06. The second kappa shape index (κ2) is 14.2. The number of rotatable bonds is 7. The Morgan fingerprint density at radius 1 is 0.857 bits per heavy atom. The Hall–Kier alpha value is -6.12. The molecule has 15 heteroatoms. The van der Waals surface area contributed by atoms with Crippen LogP contribution in [0.2, 0.25) is 0 Å². The van der Waals surface area contributed by atoms with Crippen molar-refractivity contribution in [3.05, 3.63) is 65.9 Å². The number of hydrogen-bond donors (Lipinski definition) is 4. The minimum Gasteiger partial charge on any atom is -0.488 e. The molecule has 2 saturated heterocycles. The van der Waals surface area contributed by atoms with Gasteiger partial charge in [-0.15, -0.1) is 0 Å². The average molecular weight is 761 g/mol. The normalized spacial score (nSPS) is 22.4. The number of alkyl carbamates (subject to hydrolysis) is 2. The number of fused-ring (bicyclic) bond motifs is 7. The first-order valence-corrected chi connectivity index (χ1v) is 19.2. The summed E-state index contributed by atoms with van der Waals surface area (Å²) in [6.45, 7) is 2.14. The van der Waals surface area contributed by atoms with Gasteiger partial charge in [-0.3, -0.25) is 9.59 Å². The van der Waals surface area contributed by atoms with Crippen molar-refractivity contribution in [2.45, 2.75) is 76.2 Å². The molecule has 0 radical (unpaired) electrons. The Morgan fingerprint density at radius 3 is 2.43 bits per heavy atom. The van der Waals surface area contributed by atoms with Crippen LogP contribution in [0.5, 0.6) is 5.75 Å². The summed E-state index contributed by atoms with van der Waals surface area (Å²) in [4.78, 5) is 70.5. The summed E-state index contributed by atoms with van der Waals surface area (Å²) >= 11 is 0. The van der Waals surface area contributed by atoms with Crippen LogP contribution in [0.15, 0.2) is 48.7 Å². The highest BCUT2D eigenvalue weighted by atomic mass is 16.5. The largest absolute Gasteiger partial charge is 0.488 e. The van der Waals surface area contributed by atoms with Crippen molar-refractivity contribution in [1.82, 2.24) is 40.4 Å². The van der Waals surface area contributed by atoms with E-state index in [0.29, 0.717) is 18.3 Å². The number of H-pyrrole nitrogens is 2. The van der Waals surface area contributed by atoms with Crippen LogP contribution >= 0.6 is 0 Å². The van der Waals surface area contributed by atoms with E-state index in [2.05, 4.69) is 61.7 Å². The Kier molecular flexibility index (Phi) is 9.01. The molecule has 4 aliphatic rings. The van der Waals surface area contributed by atoms with Gasteiger partial charge in [0.1, 0.15) is 37.1 Å². The van der Waals surface area contributed by atoms with Crippen LogP contribution in [0.25, 0.3) is 44.2 Å². The number of nitrogens with one attached hydrogen (secondary N) is 4. The topological polar surface area (TPSA) is 184 Å². The Bertz CT molecular complexity index is 2390. The number of likely N-dealkylation sites (tertiary alicyclic amines) is 2. The standard InChI is InChI=1S/C41H44N8O7/c1-21-7-12-32(48(21)35(50)18-43-40(52)54-2)38-42-17-30(46-38)23-8-10-26-25(13-23)20-56-34-16-27-22(14-28(26)34)9-11-29-37(27)47-39(45-29)33-15-24-5-4-6-31(24)49(33)36(51)19-44-41(53)55-3/h8-11,13-14,16-17,21,24,31-33H,4-7,12,15,18-20H2,1-3H3,(H,42,46)(H,43,52)(H,44,53)(H,45,47)/t21-,24-,31-,32?,33?/m0/s1. The van der Waals surface area contributed by atoms with Crippen molar-refractivity contribution in [2.75, 3.05) is 27.3 Å². The number of nitrogens with zero attached hydrogens (tertiary/aromatic N) is 4. The van der Waals surface area contributed by atoms with Gasteiger partial charge in [-0.05, 0) is 91.3 Å². The fraction of sp³-hybridized carbons (Fsp3) is 0.415. The van der Waals surface area contributed by atoms with E-state index in [1.807, 2.05) is 17.9 Å². The van der Waals surface area contributed by atoms with E-state index in [0.717, 1.165) is 99.9 Å². The number of hydrogen-bond acceptors (Lipinski definition) is 9. The van der Waals surface area contributed by atoms with Gasteiger partial charge < -0.3 is 44.6 Å². The van der Waals surface area contributed by atoms with Crippen LogP contribution in [0.3, 0.4) is 0 Å². The van der Waals surface area contributed by atoms with Crippen molar-refractivity contribution in [3.8, 4) is 28.1 Å². The first-order valence-electron chi connectivity index (χ1n) is 19.2. The molecule has 3 aliphatic heterocycles. The lowest BCUT2D eigenvalue weighted by molar-refractivity contribution is -0.134. The van der Waals surface area contributed by atoms with E-state index in [1.165, 1.54) is 14.2 Å². The van der Waals surface area contributed by atoms with Crippen molar-refractivity contribution < 1.29 is 33.4 Å². The highest BCUT2D eigenvalue weighted by Gasteiger charge is 2.47. The minimum absolute atomic E-state index is 0.0138. The summed E-state index contributed by atoms with van der Waals surface area (Å²) in [5.74, 6) is 2.33. The number of carbonyl (C=O) groups excluding carboxylic acids is 4. The molecule has 15 nitrogen and oxygen atoms in total. The zero-order chi connectivity index (χ0) is 38.7. The van der Waals surface area contributed by atoms with Gasteiger partial charge in [0.15, 0.2) is 0 Å². The summed E-state index contributed by atoms with van der Waals surface area (Å²) in [7, 11) is 2.55. The maximum atomic E-state index is 13.5. The van der Waals surface area contributed by atoms with Crippen LogP contribution < -0.4 is 15.4 Å². The zero-order valence-electron chi connectivity index (χ0n) is 31.5. The molecule has 5 aromatic rings. The fourth-order valence-electron chi connectivity index (χ4n) is 9.47. The third kappa shape index (κ3) is 6.14. The summed E-state index contributed by atoms with van der Waals surface area (Å²) in [5.41, 5.74) is 6.66. The lowest BCUT2D eigenvalue weighted by Gasteiger charge is -2.29. The minimum atomic E-state index is -0.643. The molecule has 1 saturated carbocycles. The number of methoxy groups -OCH3 is 2. The lowest BCUT2D eigenvalue weighted by Crippen LogP contribution is -2.44. The van der Waals surface area contributed by atoms with E-state index in [9.17, 15) is 19.2 Å². The Morgan fingerprint density at radius 2 is 1.64 bits per heavy atom. The van der Waals surface area contributed by atoms with Crippen molar-refractivity contribution in [2.24, 2.45) is 5.92 Å². The van der Waals surface area contributed by atoms with Crippen LogP contribution in [-0.2, 0) is 25.7 Å². The number of carbonyl (C=O) groups is 4. The van der Waals surface area contributed by atoms with Crippen LogP contribution in [0.1, 0.15) is 74.7 Å². The number of imidazole rings is 2. The van der Waals surface area contributed by atoms with Crippen LogP contribution in [0.4, 0.5) is 9.59 Å². The number of ether oxygens (including phenoxy) is 3. The second-order valence-corrected chi connectivity index (χ2v) is 15.2. The smallest absolute Gasteiger partial charge is 0.407 e. The van der Waals surface area contributed by atoms with E-state index >= 15 is 0 Å². The molecule has 5 atom stereocenters. The molecule has 3 fully saturated rings. The molecule has 56 heavy (non-hydrogen) atoms. The third-order valence-corrected chi connectivity index (χ3v) is 12.1. The van der Waals surface area contributed by atoms with Gasteiger partial charge in [0, 0.05) is 23.0 Å². The molecule has 290 valence electrons. The highest BCUT2D eigenvalue weighted by molar-refractivity contribution is 6.07. The summed E-state index contributed by atoms with van der Waals surface area (Å²) < 4.78 is 15.7. The highest BCUT2D eigenvalue weighted by Crippen LogP contribution is 2.48. The molecule has 4 amide bonds. The van der Waals surface area contributed by atoms with Gasteiger partial charge in [0.2, 0.25) is 11.8 Å². The van der Waals surface area contributed by atoms with Crippen LogP contribution in [-0.4, -0.2) is 93.1 Å². The second-order valence-electron chi connectivity index (χ2n) is 15.2. The lowest BCUT2D eigenvalue weighted by atomic mass is 9.92. The molecule has 1 aliphatic carbocycles. The van der Waals surface area contributed by atoms with Crippen LogP contribution in [0, 0.1) is 5.92 Å². The molecule has 9 rings (SSSR count). The molecule has 0 spiro atoms. The van der Waals surface area contributed by atoms with Gasteiger partial charge >= 0.3 is 12.2 Å². The fourth-order valence-corrected chi connectivity index (χ4v) is 9.47. The summed E-state index contributed by atoms with van der Waals surface area (Å²) in [6, 6.07) is 14.4. The molecular weight excluding hydrogens is 716 g/mol. The molecular formula is C41H44N8O7. The van der Waals surface area contributed by atoms with Gasteiger partial charge in [0.05, 0.1) is 49.2 Å². The van der Waals surface area contributed by atoms with E-state index in [-0.39, 0.29) is 49.1 Å². The van der Waals surface area contributed by atoms with E-state index in [4.69, 9.17) is 19.4 Å². The number of aromatic nitrogens is 4. The van der Waals surface area contributed by atoms with Gasteiger partial charge in [-0.1, -0.05) is 24.6 Å². The first-order chi connectivity index (χ1) is 27.2. The maximum Gasteiger partial charge on any atom is 0.407 e. The number of aromatic amines is 2. The number of amides is 4. The SMILES string of the molecule is COC(=O)NCC(=O)N1C(c2ncc(-c3ccc4c(c3)COc3cc5c(ccc6[nH]c(C7C[C@@H]8CCC[C@@H]8N7C(=O)CNC(=O)OC)nc65)cc3-4)[nH]2)CC[C@@H]1C. The van der Waals surface area contributed by atoms with E-state index in [1.54, 1.807) is 11.1 Å². The quantitative estimate of drug-likeness (QED) is 0.158. The molecule has 5 heterocycles. The summed E-state index contributed by atoms with van der Waals surface area (Å²) in [5, 5.41) is 7.04. The van der Waals surface area contributed by atoms with Crippen molar-refractivity contribution in [3.63, 3.8) is 0 Å². The third-order valence-electron chi connectivity index (χ3n) is 12.1. The maximum absolute atomic E-state index is 13.5. The molecule has 2 aromatic heterocycles. The van der Waals surface area contributed by atoms with Crippen molar-refractivity contribution in [1.29, 1.82) is 0 Å². The molecule has 4 N–H and O–H groups in total. The Labute approximate surface area is 322 Å². The van der Waals surface area contributed by atoms with Gasteiger partial charge in [-0.2, -0.15) is 0 Å². The number of benzene rings is 3. The van der Waals surface area contributed by atoms with Gasteiger partial charge in [-0.25, -0.2) is 19.6 Å². The van der Waals surface area contributed by atoms with E-state index < -0.39 is 12.2 Å².